The van der Waals surface area contributed by atoms with Crippen LogP contribution in [0.5, 0.6) is 0 Å². The van der Waals surface area contributed by atoms with Crippen molar-refractivity contribution in [1.82, 2.24) is 0 Å². The predicted molar refractivity (Wildman–Crippen MR) is 88.3 cm³/mol. The molecule has 0 bridgehead atoms. The first-order chi connectivity index (χ1) is 9.79. The normalized spacial score (nSPS) is 10.7. The number of nitrogens with zero attached hydrogens (tertiary/aromatic N) is 1. The second kappa shape index (κ2) is 5.38. The first kappa shape index (κ1) is 12.7. The van der Waals surface area contributed by atoms with Gasteiger partial charge in [0.05, 0.1) is 0 Å². The zero-order valence-electron chi connectivity index (χ0n) is 12.0. The molecule has 0 aliphatic carbocycles. The summed E-state index contributed by atoms with van der Waals surface area (Å²) in [5, 5.41) is 2.61. The highest BCUT2D eigenvalue weighted by atomic mass is 15.1. The smallest absolute Gasteiger partial charge is 0.0443 e. The SMILES string of the molecule is CCN(C)c1cccc2ccc(-c3ccccc3)cc12. The van der Waals surface area contributed by atoms with E-state index in [-0.39, 0.29) is 0 Å². The van der Waals surface area contributed by atoms with Gasteiger partial charge >= 0.3 is 0 Å². The van der Waals surface area contributed by atoms with Crippen LogP contribution in [0, 0.1) is 0 Å². The Labute approximate surface area is 120 Å². The number of anilines is 1. The molecule has 3 aromatic rings. The van der Waals surface area contributed by atoms with E-state index in [4.69, 9.17) is 0 Å². The number of rotatable bonds is 3. The van der Waals surface area contributed by atoms with Crippen molar-refractivity contribution < 1.29 is 0 Å². The van der Waals surface area contributed by atoms with Gasteiger partial charge in [-0.3, -0.25) is 0 Å². The lowest BCUT2D eigenvalue weighted by Crippen LogP contribution is -2.15. The minimum absolute atomic E-state index is 1.01. The molecule has 0 aliphatic heterocycles. The fourth-order valence-electron chi connectivity index (χ4n) is 2.57. The van der Waals surface area contributed by atoms with E-state index in [1.807, 2.05) is 0 Å². The highest BCUT2D eigenvalue weighted by molar-refractivity contribution is 5.97. The largest absolute Gasteiger partial charge is 0.374 e. The van der Waals surface area contributed by atoms with E-state index in [9.17, 15) is 0 Å². The predicted octanol–water partition coefficient (Wildman–Crippen LogP) is 4.96. The van der Waals surface area contributed by atoms with E-state index >= 15 is 0 Å². The highest BCUT2D eigenvalue weighted by Crippen LogP contribution is 2.30. The monoisotopic (exact) mass is 261 g/mol. The Balaban J connectivity index is 2.19. The molecule has 0 atom stereocenters. The molecule has 0 aromatic heterocycles. The molecule has 0 N–H and O–H groups in total. The lowest BCUT2D eigenvalue weighted by Gasteiger charge is -2.19. The fourth-order valence-corrected chi connectivity index (χ4v) is 2.57. The summed E-state index contributed by atoms with van der Waals surface area (Å²) in [7, 11) is 2.14. The number of benzene rings is 3. The average molecular weight is 261 g/mol. The number of hydrogen-bond donors (Lipinski definition) is 0. The molecule has 0 fully saturated rings. The molecule has 20 heavy (non-hydrogen) atoms. The summed E-state index contributed by atoms with van der Waals surface area (Å²) < 4.78 is 0. The van der Waals surface area contributed by atoms with Crippen molar-refractivity contribution >= 4 is 16.5 Å². The Kier molecular flexibility index (Phi) is 3.42. The third-order valence-electron chi connectivity index (χ3n) is 3.85. The van der Waals surface area contributed by atoms with Crippen molar-refractivity contribution in [2.45, 2.75) is 6.92 Å². The molecule has 3 rings (SSSR count). The highest BCUT2D eigenvalue weighted by Gasteiger charge is 2.06. The Bertz CT molecular complexity index is 716. The first-order valence-electron chi connectivity index (χ1n) is 7.09. The summed E-state index contributed by atoms with van der Waals surface area (Å²) >= 11 is 0. The van der Waals surface area contributed by atoms with Crippen LogP contribution in [-0.4, -0.2) is 13.6 Å². The number of fused-ring (bicyclic) bond motifs is 1. The van der Waals surface area contributed by atoms with Crippen LogP contribution in [0.25, 0.3) is 21.9 Å². The molecular formula is C19H19N. The van der Waals surface area contributed by atoms with Crippen molar-refractivity contribution in [3.63, 3.8) is 0 Å². The summed E-state index contributed by atoms with van der Waals surface area (Å²) in [6.45, 7) is 3.19. The Hall–Kier alpha value is -2.28. The van der Waals surface area contributed by atoms with E-state index in [1.165, 1.54) is 27.6 Å². The van der Waals surface area contributed by atoms with Gasteiger partial charge < -0.3 is 4.90 Å². The standard InChI is InChI=1S/C19H19N/c1-3-20(2)19-11-7-10-16-12-13-17(14-18(16)19)15-8-5-4-6-9-15/h4-14H,3H2,1-2H3. The zero-order chi connectivity index (χ0) is 13.9. The van der Waals surface area contributed by atoms with Gasteiger partial charge in [-0.1, -0.05) is 54.6 Å². The topological polar surface area (TPSA) is 3.24 Å². The molecular weight excluding hydrogens is 242 g/mol. The van der Waals surface area contributed by atoms with Crippen LogP contribution in [0.3, 0.4) is 0 Å². The van der Waals surface area contributed by atoms with Crippen LogP contribution >= 0.6 is 0 Å². The van der Waals surface area contributed by atoms with Gasteiger partial charge in [-0.25, -0.2) is 0 Å². The summed E-state index contributed by atoms with van der Waals surface area (Å²) in [4.78, 5) is 2.29. The van der Waals surface area contributed by atoms with Crippen LogP contribution in [-0.2, 0) is 0 Å². The molecule has 0 aliphatic rings. The van der Waals surface area contributed by atoms with E-state index in [2.05, 4.69) is 85.6 Å². The quantitative estimate of drug-likeness (QED) is 0.644. The van der Waals surface area contributed by atoms with Crippen LogP contribution in [0.1, 0.15) is 6.92 Å². The van der Waals surface area contributed by atoms with E-state index in [0.29, 0.717) is 0 Å². The van der Waals surface area contributed by atoms with Gasteiger partial charge in [-0.2, -0.15) is 0 Å². The molecule has 1 nitrogen and oxygen atoms in total. The lowest BCUT2D eigenvalue weighted by molar-refractivity contribution is 0.974. The molecule has 3 aromatic carbocycles. The maximum atomic E-state index is 2.30. The van der Waals surface area contributed by atoms with Crippen molar-refractivity contribution in [1.29, 1.82) is 0 Å². The van der Waals surface area contributed by atoms with Gasteiger partial charge in [-0.15, -0.1) is 0 Å². The van der Waals surface area contributed by atoms with E-state index in [0.717, 1.165) is 6.54 Å². The van der Waals surface area contributed by atoms with Gasteiger partial charge in [-0.05, 0) is 35.6 Å². The summed E-state index contributed by atoms with van der Waals surface area (Å²) in [6.07, 6.45) is 0. The van der Waals surface area contributed by atoms with Gasteiger partial charge in [0.15, 0.2) is 0 Å². The fraction of sp³-hybridized carbons (Fsp3) is 0.158. The van der Waals surface area contributed by atoms with Crippen LogP contribution in [0.15, 0.2) is 66.7 Å². The summed E-state index contributed by atoms with van der Waals surface area (Å²) in [5.41, 5.74) is 3.83. The van der Waals surface area contributed by atoms with Crippen molar-refractivity contribution in [2.24, 2.45) is 0 Å². The Morgan fingerprint density at radius 2 is 1.60 bits per heavy atom. The molecule has 1 heteroatoms. The minimum Gasteiger partial charge on any atom is -0.374 e. The Morgan fingerprint density at radius 1 is 0.800 bits per heavy atom. The summed E-state index contributed by atoms with van der Waals surface area (Å²) in [5.74, 6) is 0. The van der Waals surface area contributed by atoms with Crippen LogP contribution < -0.4 is 4.90 Å². The van der Waals surface area contributed by atoms with Crippen molar-refractivity contribution in [3.8, 4) is 11.1 Å². The average Bonchev–Trinajstić information content (AvgIpc) is 2.54. The van der Waals surface area contributed by atoms with Gasteiger partial charge in [0, 0.05) is 24.7 Å². The minimum atomic E-state index is 1.01. The molecule has 0 saturated heterocycles. The van der Waals surface area contributed by atoms with Gasteiger partial charge in [0.1, 0.15) is 0 Å². The molecule has 0 spiro atoms. The third kappa shape index (κ3) is 2.27. The Morgan fingerprint density at radius 3 is 2.35 bits per heavy atom. The molecule has 0 radical (unpaired) electrons. The maximum Gasteiger partial charge on any atom is 0.0443 e. The molecule has 0 amide bonds. The van der Waals surface area contributed by atoms with Gasteiger partial charge in [0.2, 0.25) is 0 Å². The summed E-state index contributed by atoms with van der Waals surface area (Å²) in [6, 6.07) is 23.8. The second-order valence-corrected chi connectivity index (χ2v) is 5.09. The van der Waals surface area contributed by atoms with Crippen LogP contribution in [0.4, 0.5) is 5.69 Å². The van der Waals surface area contributed by atoms with Crippen molar-refractivity contribution in [2.75, 3.05) is 18.5 Å². The number of hydrogen-bond acceptors (Lipinski definition) is 1. The molecule has 0 heterocycles. The second-order valence-electron chi connectivity index (χ2n) is 5.09. The molecule has 100 valence electrons. The first-order valence-corrected chi connectivity index (χ1v) is 7.09. The van der Waals surface area contributed by atoms with Crippen LogP contribution in [0.2, 0.25) is 0 Å². The van der Waals surface area contributed by atoms with Crippen molar-refractivity contribution in [3.05, 3.63) is 66.7 Å². The lowest BCUT2D eigenvalue weighted by atomic mass is 10.00. The molecule has 0 saturated carbocycles. The maximum absolute atomic E-state index is 2.30. The van der Waals surface area contributed by atoms with Gasteiger partial charge in [0.25, 0.3) is 0 Å². The van der Waals surface area contributed by atoms with E-state index in [1.54, 1.807) is 0 Å². The molecule has 0 unspecified atom stereocenters. The van der Waals surface area contributed by atoms with E-state index < -0.39 is 0 Å². The zero-order valence-corrected chi connectivity index (χ0v) is 12.0. The third-order valence-corrected chi connectivity index (χ3v) is 3.85.